The van der Waals surface area contributed by atoms with Crippen LogP contribution in [0.25, 0.3) is 0 Å². The van der Waals surface area contributed by atoms with Crippen LogP contribution >= 0.6 is 0 Å². The fourth-order valence-electron chi connectivity index (χ4n) is 2.50. The smallest absolute Gasteiger partial charge is 0.0807 e. The first-order valence-corrected chi connectivity index (χ1v) is 5.72. The highest BCUT2D eigenvalue weighted by atomic mass is 16.5. The molecule has 2 heteroatoms. The molecule has 1 saturated carbocycles. The quantitative estimate of drug-likeness (QED) is 0.672. The zero-order chi connectivity index (χ0) is 9.15. The predicted molar refractivity (Wildman–Crippen MR) is 53.8 cm³/mol. The Morgan fingerprint density at radius 2 is 2.08 bits per heavy atom. The molecular weight excluding hydrogens is 162 g/mol. The van der Waals surface area contributed by atoms with Crippen LogP contribution in [0.5, 0.6) is 0 Å². The number of hydrogen-bond donors (Lipinski definition) is 1. The second-order valence-electron chi connectivity index (χ2n) is 4.54. The third-order valence-corrected chi connectivity index (χ3v) is 3.56. The summed E-state index contributed by atoms with van der Waals surface area (Å²) in [5.41, 5.74) is 0.226. The number of morpholine rings is 1. The Kier molecular flexibility index (Phi) is 2.89. The average Bonchev–Trinajstić information content (AvgIpc) is 2.20. The van der Waals surface area contributed by atoms with Crippen molar-refractivity contribution in [2.75, 3.05) is 13.2 Å². The fraction of sp³-hybridized carbons (Fsp3) is 1.00. The molecule has 0 amide bonds. The Hall–Kier alpha value is -0.0800. The standard InChI is InChI=1S/C11H21NO/c1-2-10-8-13-11(9-12-10)6-4-3-5-7-11/h10,12H,2-9H2,1H3. The maximum atomic E-state index is 6.05. The third-order valence-electron chi connectivity index (χ3n) is 3.56. The van der Waals surface area contributed by atoms with Crippen LogP contribution in [0.3, 0.4) is 0 Å². The Balaban J connectivity index is 1.87. The minimum absolute atomic E-state index is 0.226. The number of hydrogen-bond acceptors (Lipinski definition) is 2. The predicted octanol–water partition coefficient (Wildman–Crippen LogP) is 2.09. The van der Waals surface area contributed by atoms with Gasteiger partial charge in [-0.2, -0.15) is 0 Å². The summed E-state index contributed by atoms with van der Waals surface area (Å²) < 4.78 is 6.05. The van der Waals surface area contributed by atoms with E-state index in [0.29, 0.717) is 6.04 Å². The van der Waals surface area contributed by atoms with Crippen molar-refractivity contribution in [3.63, 3.8) is 0 Å². The van der Waals surface area contributed by atoms with Crippen LogP contribution in [0, 0.1) is 0 Å². The molecule has 0 bridgehead atoms. The van der Waals surface area contributed by atoms with Crippen LogP contribution in [0.15, 0.2) is 0 Å². The topological polar surface area (TPSA) is 21.3 Å². The van der Waals surface area contributed by atoms with E-state index in [9.17, 15) is 0 Å². The maximum absolute atomic E-state index is 6.05. The van der Waals surface area contributed by atoms with Crippen molar-refractivity contribution in [3.05, 3.63) is 0 Å². The van der Waals surface area contributed by atoms with Gasteiger partial charge in [0.1, 0.15) is 0 Å². The number of nitrogens with one attached hydrogen (secondary N) is 1. The zero-order valence-electron chi connectivity index (χ0n) is 8.64. The van der Waals surface area contributed by atoms with Gasteiger partial charge in [0.2, 0.25) is 0 Å². The summed E-state index contributed by atoms with van der Waals surface area (Å²) in [4.78, 5) is 0. The Morgan fingerprint density at radius 3 is 2.62 bits per heavy atom. The number of rotatable bonds is 1. The van der Waals surface area contributed by atoms with Crippen molar-refractivity contribution in [1.29, 1.82) is 0 Å². The van der Waals surface area contributed by atoms with Gasteiger partial charge in [0, 0.05) is 12.6 Å². The van der Waals surface area contributed by atoms with Crippen molar-refractivity contribution >= 4 is 0 Å². The molecule has 0 radical (unpaired) electrons. The van der Waals surface area contributed by atoms with Crippen molar-refractivity contribution in [1.82, 2.24) is 5.32 Å². The van der Waals surface area contributed by atoms with Crippen LogP contribution < -0.4 is 5.32 Å². The Labute approximate surface area is 81.0 Å². The molecule has 2 rings (SSSR count). The summed E-state index contributed by atoms with van der Waals surface area (Å²) >= 11 is 0. The van der Waals surface area contributed by atoms with E-state index >= 15 is 0 Å². The molecule has 1 saturated heterocycles. The average molecular weight is 183 g/mol. The van der Waals surface area contributed by atoms with Gasteiger partial charge in [0.15, 0.2) is 0 Å². The first-order valence-electron chi connectivity index (χ1n) is 5.72. The van der Waals surface area contributed by atoms with Gasteiger partial charge in [-0.05, 0) is 19.3 Å². The summed E-state index contributed by atoms with van der Waals surface area (Å²) in [7, 11) is 0. The molecule has 2 nitrogen and oxygen atoms in total. The fourth-order valence-corrected chi connectivity index (χ4v) is 2.50. The van der Waals surface area contributed by atoms with E-state index in [1.165, 1.54) is 38.5 Å². The van der Waals surface area contributed by atoms with E-state index in [-0.39, 0.29) is 5.60 Å². The van der Waals surface area contributed by atoms with E-state index in [1.807, 2.05) is 0 Å². The van der Waals surface area contributed by atoms with Gasteiger partial charge < -0.3 is 10.1 Å². The first kappa shape index (κ1) is 9.47. The molecule has 1 aliphatic heterocycles. The normalized spacial score (nSPS) is 33.5. The molecule has 1 aliphatic carbocycles. The van der Waals surface area contributed by atoms with E-state index < -0.39 is 0 Å². The van der Waals surface area contributed by atoms with Crippen LogP contribution in [0.2, 0.25) is 0 Å². The molecule has 0 aromatic rings. The Bertz CT molecular complexity index is 153. The summed E-state index contributed by atoms with van der Waals surface area (Å²) in [5, 5.41) is 3.60. The van der Waals surface area contributed by atoms with Crippen molar-refractivity contribution < 1.29 is 4.74 Å². The van der Waals surface area contributed by atoms with Gasteiger partial charge in [-0.3, -0.25) is 0 Å². The van der Waals surface area contributed by atoms with E-state index in [4.69, 9.17) is 4.74 Å². The van der Waals surface area contributed by atoms with Gasteiger partial charge in [-0.25, -0.2) is 0 Å². The minimum Gasteiger partial charge on any atom is -0.372 e. The molecule has 1 heterocycles. The van der Waals surface area contributed by atoms with Crippen LogP contribution in [-0.2, 0) is 4.74 Å². The molecule has 13 heavy (non-hydrogen) atoms. The molecular formula is C11H21NO. The Morgan fingerprint density at radius 1 is 1.31 bits per heavy atom. The summed E-state index contributed by atoms with van der Waals surface area (Å²) in [6, 6.07) is 0.604. The maximum Gasteiger partial charge on any atom is 0.0807 e. The largest absolute Gasteiger partial charge is 0.372 e. The summed E-state index contributed by atoms with van der Waals surface area (Å²) in [5.74, 6) is 0. The van der Waals surface area contributed by atoms with Gasteiger partial charge in [-0.15, -0.1) is 0 Å². The van der Waals surface area contributed by atoms with Crippen molar-refractivity contribution in [3.8, 4) is 0 Å². The molecule has 2 fully saturated rings. The molecule has 1 spiro atoms. The van der Waals surface area contributed by atoms with Crippen molar-refractivity contribution in [2.24, 2.45) is 0 Å². The second kappa shape index (κ2) is 3.97. The van der Waals surface area contributed by atoms with Gasteiger partial charge in [0.25, 0.3) is 0 Å². The van der Waals surface area contributed by atoms with Crippen LogP contribution in [-0.4, -0.2) is 24.8 Å². The summed E-state index contributed by atoms with van der Waals surface area (Å²) in [6.45, 7) is 4.24. The zero-order valence-corrected chi connectivity index (χ0v) is 8.64. The highest BCUT2D eigenvalue weighted by Gasteiger charge is 2.36. The minimum atomic E-state index is 0.226. The lowest BCUT2D eigenvalue weighted by Gasteiger charge is -2.43. The molecule has 0 aromatic carbocycles. The lowest BCUT2D eigenvalue weighted by atomic mass is 9.83. The molecule has 1 N–H and O–H groups in total. The second-order valence-corrected chi connectivity index (χ2v) is 4.54. The lowest BCUT2D eigenvalue weighted by molar-refractivity contribution is -0.103. The van der Waals surface area contributed by atoms with Crippen molar-refractivity contribution in [2.45, 2.75) is 57.1 Å². The number of ether oxygens (including phenoxy) is 1. The monoisotopic (exact) mass is 183 g/mol. The molecule has 2 aliphatic rings. The third kappa shape index (κ3) is 2.05. The molecule has 1 atom stereocenters. The molecule has 1 unspecified atom stereocenters. The lowest BCUT2D eigenvalue weighted by Crippen LogP contribution is -2.55. The summed E-state index contributed by atoms with van der Waals surface area (Å²) in [6.07, 6.45) is 7.86. The highest BCUT2D eigenvalue weighted by Crippen LogP contribution is 2.33. The van der Waals surface area contributed by atoms with E-state index in [0.717, 1.165) is 13.2 Å². The van der Waals surface area contributed by atoms with Gasteiger partial charge in [0.05, 0.1) is 12.2 Å². The van der Waals surface area contributed by atoms with Crippen LogP contribution in [0.4, 0.5) is 0 Å². The highest BCUT2D eigenvalue weighted by molar-refractivity contribution is 4.91. The van der Waals surface area contributed by atoms with Crippen LogP contribution in [0.1, 0.15) is 45.4 Å². The van der Waals surface area contributed by atoms with Gasteiger partial charge in [-0.1, -0.05) is 26.2 Å². The molecule has 76 valence electrons. The van der Waals surface area contributed by atoms with Gasteiger partial charge >= 0.3 is 0 Å². The molecule has 0 aromatic heterocycles. The van der Waals surface area contributed by atoms with E-state index in [1.54, 1.807) is 0 Å². The SMILES string of the molecule is CCC1COC2(CCCCC2)CN1. The van der Waals surface area contributed by atoms with E-state index in [2.05, 4.69) is 12.2 Å². The first-order chi connectivity index (χ1) is 6.35.